The fourth-order valence-corrected chi connectivity index (χ4v) is 3.72. The van der Waals surface area contributed by atoms with Gasteiger partial charge in [0, 0.05) is 23.7 Å². The summed E-state index contributed by atoms with van der Waals surface area (Å²) < 4.78 is 1.97. The molecule has 1 aromatic heterocycles. The lowest BCUT2D eigenvalue weighted by atomic mass is 9.79. The van der Waals surface area contributed by atoms with Crippen molar-refractivity contribution in [2.45, 2.75) is 84.1 Å². The number of nitrogens with zero attached hydrogens (tertiary/aromatic N) is 3. The zero-order valence-corrected chi connectivity index (χ0v) is 13.7. The molecule has 5 heteroatoms. The van der Waals surface area contributed by atoms with Gasteiger partial charge in [0.15, 0.2) is 0 Å². The lowest BCUT2D eigenvalue weighted by Gasteiger charge is -2.47. The van der Waals surface area contributed by atoms with Crippen LogP contribution in [0.1, 0.15) is 66.3 Å². The topological polar surface area (TPSA) is 54.8 Å². The van der Waals surface area contributed by atoms with Crippen LogP contribution in [0.4, 0.5) is 0 Å². The van der Waals surface area contributed by atoms with E-state index < -0.39 is 0 Å². The average Bonchev–Trinajstić information content (AvgIpc) is 2.71. The number of nitrogens with one attached hydrogen (secondary N) is 2. The Balaban J connectivity index is 2.06. The second-order valence-electron chi connectivity index (χ2n) is 7.32. The van der Waals surface area contributed by atoms with Crippen LogP contribution in [0.15, 0.2) is 6.33 Å². The van der Waals surface area contributed by atoms with Crippen molar-refractivity contribution < 1.29 is 0 Å². The maximum absolute atomic E-state index is 4.40. The summed E-state index contributed by atoms with van der Waals surface area (Å²) >= 11 is 0. The van der Waals surface area contributed by atoms with Crippen LogP contribution in [0.5, 0.6) is 0 Å². The number of piperidine rings is 1. The molecule has 0 aromatic carbocycles. The van der Waals surface area contributed by atoms with Gasteiger partial charge in [0.1, 0.15) is 12.2 Å². The van der Waals surface area contributed by atoms with Gasteiger partial charge in [-0.3, -0.25) is 0 Å². The third-order valence-corrected chi connectivity index (χ3v) is 4.01. The summed E-state index contributed by atoms with van der Waals surface area (Å²) in [4.78, 5) is 4.40. The molecule has 20 heavy (non-hydrogen) atoms. The van der Waals surface area contributed by atoms with Gasteiger partial charge in [0.25, 0.3) is 0 Å². The number of hydrogen-bond donors (Lipinski definition) is 2. The predicted molar refractivity (Wildman–Crippen MR) is 81.6 cm³/mol. The van der Waals surface area contributed by atoms with Crippen LogP contribution in [0, 0.1) is 0 Å². The average molecular weight is 279 g/mol. The van der Waals surface area contributed by atoms with E-state index in [1.165, 1.54) is 0 Å². The van der Waals surface area contributed by atoms with Crippen molar-refractivity contribution in [2.24, 2.45) is 0 Å². The van der Waals surface area contributed by atoms with Gasteiger partial charge in [-0.15, -0.1) is 0 Å². The van der Waals surface area contributed by atoms with Crippen molar-refractivity contribution in [3.8, 4) is 0 Å². The molecular weight excluding hydrogens is 250 g/mol. The zero-order valence-electron chi connectivity index (χ0n) is 13.7. The SMILES string of the molecule is CCn1ncnc1[C@H](C)NC1CC(C)(C)NC(C)(C)C1. The van der Waals surface area contributed by atoms with Gasteiger partial charge >= 0.3 is 0 Å². The molecule has 2 rings (SSSR count). The van der Waals surface area contributed by atoms with Crippen molar-refractivity contribution >= 4 is 0 Å². The molecule has 1 atom stereocenters. The lowest BCUT2D eigenvalue weighted by molar-refractivity contribution is 0.139. The largest absolute Gasteiger partial charge is 0.307 e. The molecule has 1 fully saturated rings. The van der Waals surface area contributed by atoms with E-state index in [9.17, 15) is 0 Å². The van der Waals surface area contributed by atoms with Crippen LogP contribution in [0.3, 0.4) is 0 Å². The van der Waals surface area contributed by atoms with Gasteiger partial charge in [0.2, 0.25) is 0 Å². The quantitative estimate of drug-likeness (QED) is 0.887. The van der Waals surface area contributed by atoms with Gasteiger partial charge in [-0.05, 0) is 54.4 Å². The van der Waals surface area contributed by atoms with Crippen LogP contribution in [0.2, 0.25) is 0 Å². The van der Waals surface area contributed by atoms with Crippen LogP contribution >= 0.6 is 0 Å². The lowest BCUT2D eigenvalue weighted by Crippen LogP contribution is -2.61. The van der Waals surface area contributed by atoms with E-state index in [0.717, 1.165) is 25.2 Å². The fourth-order valence-electron chi connectivity index (χ4n) is 3.72. The van der Waals surface area contributed by atoms with E-state index >= 15 is 0 Å². The molecule has 1 saturated heterocycles. The molecular formula is C15H29N5. The summed E-state index contributed by atoms with van der Waals surface area (Å²) in [5.74, 6) is 1.03. The summed E-state index contributed by atoms with van der Waals surface area (Å²) in [6, 6.07) is 0.727. The van der Waals surface area contributed by atoms with Crippen molar-refractivity contribution in [3.05, 3.63) is 12.2 Å². The van der Waals surface area contributed by atoms with Gasteiger partial charge in [-0.2, -0.15) is 5.10 Å². The van der Waals surface area contributed by atoms with Crippen molar-refractivity contribution in [2.75, 3.05) is 0 Å². The first-order valence-electron chi connectivity index (χ1n) is 7.65. The van der Waals surface area contributed by atoms with Crippen molar-refractivity contribution in [1.82, 2.24) is 25.4 Å². The van der Waals surface area contributed by atoms with Crippen LogP contribution in [0.25, 0.3) is 0 Å². The predicted octanol–water partition coefficient (Wildman–Crippen LogP) is 2.26. The molecule has 0 amide bonds. The van der Waals surface area contributed by atoms with Gasteiger partial charge in [-0.1, -0.05) is 0 Å². The molecule has 0 bridgehead atoms. The second-order valence-corrected chi connectivity index (χ2v) is 7.32. The number of aryl methyl sites for hydroxylation is 1. The summed E-state index contributed by atoms with van der Waals surface area (Å²) in [6.07, 6.45) is 3.90. The first-order valence-corrected chi connectivity index (χ1v) is 7.65. The highest BCUT2D eigenvalue weighted by Crippen LogP contribution is 2.29. The number of aromatic nitrogens is 3. The van der Waals surface area contributed by atoms with E-state index in [0.29, 0.717) is 6.04 Å². The Morgan fingerprint density at radius 1 is 1.35 bits per heavy atom. The normalized spacial score (nSPS) is 23.7. The molecule has 114 valence electrons. The standard InChI is InChI=1S/C15H29N5/c1-7-20-13(16-10-17-20)11(2)18-12-8-14(3,4)19-15(5,6)9-12/h10-12,18-19H,7-9H2,1-6H3/t11-/m0/s1. The minimum absolute atomic E-state index is 0.164. The number of rotatable bonds is 4. The molecule has 0 unspecified atom stereocenters. The van der Waals surface area contributed by atoms with E-state index in [1.807, 2.05) is 4.68 Å². The zero-order chi connectivity index (χ0) is 15.0. The van der Waals surface area contributed by atoms with E-state index in [2.05, 4.69) is 62.3 Å². The summed E-state index contributed by atoms with van der Waals surface area (Å²) in [5, 5.41) is 11.7. The molecule has 0 saturated carbocycles. The van der Waals surface area contributed by atoms with Gasteiger partial charge < -0.3 is 10.6 Å². The Kier molecular flexibility index (Phi) is 4.21. The van der Waals surface area contributed by atoms with E-state index in [4.69, 9.17) is 0 Å². The number of hydrogen-bond acceptors (Lipinski definition) is 4. The highest BCUT2D eigenvalue weighted by Gasteiger charge is 2.38. The molecule has 0 spiro atoms. The minimum atomic E-state index is 0.164. The second kappa shape index (κ2) is 5.45. The molecule has 2 N–H and O–H groups in total. The van der Waals surface area contributed by atoms with Crippen LogP contribution in [-0.2, 0) is 6.54 Å². The molecule has 2 heterocycles. The van der Waals surface area contributed by atoms with Crippen LogP contribution < -0.4 is 10.6 Å². The highest BCUT2D eigenvalue weighted by molar-refractivity contribution is 5.02. The molecule has 5 nitrogen and oxygen atoms in total. The van der Waals surface area contributed by atoms with Crippen molar-refractivity contribution in [3.63, 3.8) is 0 Å². The molecule has 0 aliphatic carbocycles. The third-order valence-electron chi connectivity index (χ3n) is 4.01. The summed E-state index contributed by atoms with van der Waals surface area (Å²) in [7, 11) is 0. The Morgan fingerprint density at radius 3 is 2.50 bits per heavy atom. The Hall–Kier alpha value is -0.940. The maximum atomic E-state index is 4.40. The van der Waals surface area contributed by atoms with Gasteiger partial charge in [-0.25, -0.2) is 9.67 Å². The third kappa shape index (κ3) is 3.58. The fraction of sp³-hybridized carbons (Fsp3) is 0.867. The Bertz CT molecular complexity index is 433. The van der Waals surface area contributed by atoms with E-state index in [-0.39, 0.29) is 17.1 Å². The van der Waals surface area contributed by atoms with Crippen LogP contribution in [-0.4, -0.2) is 31.9 Å². The minimum Gasteiger partial charge on any atom is -0.307 e. The molecule has 1 aliphatic heterocycles. The first kappa shape index (κ1) is 15.4. The summed E-state index contributed by atoms with van der Waals surface area (Å²) in [6.45, 7) is 14.3. The molecule has 1 aliphatic rings. The molecule has 1 aromatic rings. The highest BCUT2D eigenvalue weighted by atomic mass is 15.3. The Morgan fingerprint density at radius 2 is 1.95 bits per heavy atom. The van der Waals surface area contributed by atoms with E-state index in [1.54, 1.807) is 6.33 Å². The maximum Gasteiger partial charge on any atom is 0.143 e. The monoisotopic (exact) mass is 279 g/mol. The smallest absolute Gasteiger partial charge is 0.143 e. The Labute approximate surface area is 122 Å². The summed E-state index contributed by atoms with van der Waals surface area (Å²) in [5.41, 5.74) is 0.329. The first-order chi connectivity index (χ1) is 9.22. The van der Waals surface area contributed by atoms with Gasteiger partial charge in [0.05, 0.1) is 6.04 Å². The van der Waals surface area contributed by atoms with Crippen molar-refractivity contribution in [1.29, 1.82) is 0 Å². The molecule has 0 radical (unpaired) electrons.